The smallest absolute Gasteiger partial charge is 0.342 e. The molecule has 20 heavy (non-hydrogen) atoms. The minimum Gasteiger partial charge on any atom is -0.467 e. The van der Waals surface area contributed by atoms with Gasteiger partial charge in [-0.25, -0.2) is 4.79 Å². The van der Waals surface area contributed by atoms with E-state index >= 15 is 0 Å². The van der Waals surface area contributed by atoms with Crippen molar-refractivity contribution in [3.8, 4) is 0 Å². The second kappa shape index (κ2) is 6.86. The molecule has 0 spiro atoms. The summed E-state index contributed by atoms with van der Waals surface area (Å²) < 4.78 is 16.7. The molecule has 2 rings (SSSR count). The fraction of sp³-hybridized carbons (Fsp3) is 0.562. The van der Waals surface area contributed by atoms with Gasteiger partial charge in [-0.2, -0.15) is 0 Å². The first-order valence-corrected chi connectivity index (χ1v) is 7.16. The Balaban J connectivity index is 2.29. The molecule has 1 fully saturated rings. The molecule has 1 aromatic carbocycles. The Labute approximate surface area is 120 Å². The quantitative estimate of drug-likeness (QED) is 0.777. The van der Waals surface area contributed by atoms with Gasteiger partial charge >= 0.3 is 5.97 Å². The lowest BCUT2D eigenvalue weighted by Gasteiger charge is -2.35. The standard InChI is InChI=1S/C16H22O4/c1-3-16(15(17)18-2,13-9-5-4-6-10-13)20-14-11-7-8-12-19-14/h4-6,9-10,14H,3,7-8,11-12H2,1-2H3. The first kappa shape index (κ1) is 15.0. The van der Waals surface area contributed by atoms with Crippen molar-refractivity contribution in [2.75, 3.05) is 13.7 Å². The van der Waals surface area contributed by atoms with Crippen LogP contribution in [0.25, 0.3) is 0 Å². The molecule has 0 N–H and O–H groups in total. The van der Waals surface area contributed by atoms with Crippen LogP contribution in [0.5, 0.6) is 0 Å². The van der Waals surface area contributed by atoms with E-state index in [9.17, 15) is 4.79 Å². The zero-order chi connectivity index (χ0) is 14.4. The molecule has 2 unspecified atom stereocenters. The van der Waals surface area contributed by atoms with Gasteiger partial charge in [0.2, 0.25) is 0 Å². The molecule has 1 saturated heterocycles. The van der Waals surface area contributed by atoms with E-state index in [1.165, 1.54) is 7.11 Å². The van der Waals surface area contributed by atoms with Crippen LogP contribution in [0.1, 0.15) is 38.2 Å². The maximum Gasteiger partial charge on any atom is 0.342 e. The predicted octanol–water partition coefficient (Wildman–Crippen LogP) is 3.01. The number of methoxy groups -OCH3 is 1. The Bertz CT molecular complexity index is 425. The van der Waals surface area contributed by atoms with Gasteiger partial charge in [-0.3, -0.25) is 0 Å². The normalized spacial score (nSPS) is 22.0. The van der Waals surface area contributed by atoms with E-state index in [0.717, 1.165) is 24.8 Å². The summed E-state index contributed by atoms with van der Waals surface area (Å²) >= 11 is 0. The third-order valence-corrected chi connectivity index (χ3v) is 3.72. The van der Waals surface area contributed by atoms with Crippen molar-refractivity contribution in [1.29, 1.82) is 0 Å². The van der Waals surface area contributed by atoms with Crippen molar-refractivity contribution in [3.63, 3.8) is 0 Å². The molecule has 0 saturated carbocycles. The monoisotopic (exact) mass is 278 g/mol. The van der Waals surface area contributed by atoms with E-state index in [1.807, 2.05) is 37.3 Å². The van der Waals surface area contributed by atoms with Crippen LogP contribution in [0.4, 0.5) is 0 Å². The molecule has 4 heteroatoms. The van der Waals surface area contributed by atoms with Gasteiger partial charge in [0.05, 0.1) is 7.11 Å². The molecule has 110 valence electrons. The number of benzene rings is 1. The molecule has 0 aliphatic carbocycles. The molecular weight excluding hydrogens is 256 g/mol. The number of ether oxygens (including phenoxy) is 3. The summed E-state index contributed by atoms with van der Waals surface area (Å²) in [7, 11) is 1.39. The highest BCUT2D eigenvalue weighted by Crippen LogP contribution is 2.34. The summed E-state index contributed by atoms with van der Waals surface area (Å²) in [6.45, 7) is 2.60. The summed E-state index contributed by atoms with van der Waals surface area (Å²) in [5.74, 6) is -0.375. The topological polar surface area (TPSA) is 44.8 Å². The molecule has 1 aliphatic heterocycles. The van der Waals surface area contributed by atoms with E-state index in [4.69, 9.17) is 14.2 Å². The fourth-order valence-electron chi connectivity index (χ4n) is 2.57. The number of hydrogen-bond acceptors (Lipinski definition) is 4. The second-order valence-electron chi connectivity index (χ2n) is 4.95. The molecule has 1 heterocycles. The van der Waals surface area contributed by atoms with Gasteiger partial charge in [-0.1, -0.05) is 37.3 Å². The lowest BCUT2D eigenvalue weighted by molar-refractivity contribution is -0.238. The SMILES string of the molecule is CCC(OC1CCCCO1)(C(=O)OC)c1ccccc1. The van der Waals surface area contributed by atoms with E-state index < -0.39 is 5.60 Å². The average Bonchev–Trinajstić information content (AvgIpc) is 2.53. The number of hydrogen-bond donors (Lipinski definition) is 0. The minimum absolute atomic E-state index is 0.344. The third-order valence-electron chi connectivity index (χ3n) is 3.72. The average molecular weight is 278 g/mol. The van der Waals surface area contributed by atoms with Gasteiger partial charge in [-0.05, 0) is 31.2 Å². The van der Waals surface area contributed by atoms with Crippen molar-refractivity contribution >= 4 is 5.97 Å². The third kappa shape index (κ3) is 3.02. The van der Waals surface area contributed by atoms with Crippen LogP contribution >= 0.6 is 0 Å². The van der Waals surface area contributed by atoms with Crippen LogP contribution in [0.2, 0.25) is 0 Å². The molecule has 2 atom stereocenters. The number of carbonyl (C=O) groups excluding carboxylic acids is 1. The molecule has 0 aromatic heterocycles. The van der Waals surface area contributed by atoms with E-state index in [2.05, 4.69) is 0 Å². The lowest BCUT2D eigenvalue weighted by atomic mass is 9.90. The predicted molar refractivity (Wildman–Crippen MR) is 75.1 cm³/mol. The summed E-state index contributed by atoms with van der Waals surface area (Å²) in [5, 5.41) is 0. The summed E-state index contributed by atoms with van der Waals surface area (Å²) in [6.07, 6.45) is 3.07. The van der Waals surface area contributed by atoms with Crippen LogP contribution in [0.15, 0.2) is 30.3 Å². The van der Waals surface area contributed by atoms with Gasteiger partial charge in [0.1, 0.15) is 0 Å². The Morgan fingerprint density at radius 1 is 1.35 bits per heavy atom. The van der Waals surface area contributed by atoms with Gasteiger partial charge in [-0.15, -0.1) is 0 Å². The second-order valence-corrected chi connectivity index (χ2v) is 4.95. The van der Waals surface area contributed by atoms with Crippen LogP contribution in [-0.2, 0) is 24.6 Å². The molecule has 0 radical (unpaired) electrons. The Kier molecular flexibility index (Phi) is 5.15. The summed E-state index contributed by atoms with van der Waals surface area (Å²) in [4.78, 5) is 12.3. The maximum absolute atomic E-state index is 12.3. The van der Waals surface area contributed by atoms with E-state index in [0.29, 0.717) is 13.0 Å². The van der Waals surface area contributed by atoms with Crippen molar-refractivity contribution < 1.29 is 19.0 Å². The fourth-order valence-corrected chi connectivity index (χ4v) is 2.57. The van der Waals surface area contributed by atoms with Crippen molar-refractivity contribution in [2.24, 2.45) is 0 Å². The van der Waals surface area contributed by atoms with E-state index in [-0.39, 0.29) is 12.3 Å². The number of rotatable bonds is 5. The Morgan fingerprint density at radius 3 is 2.65 bits per heavy atom. The minimum atomic E-state index is -1.09. The number of esters is 1. The molecular formula is C16H22O4. The highest BCUT2D eigenvalue weighted by Gasteiger charge is 2.43. The van der Waals surface area contributed by atoms with Gasteiger partial charge in [0.15, 0.2) is 11.9 Å². The lowest BCUT2D eigenvalue weighted by Crippen LogP contribution is -2.43. The maximum atomic E-state index is 12.3. The highest BCUT2D eigenvalue weighted by molar-refractivity contribution is 5.81. The molecule has 1 aromatic rings. The van der Waals surface area contributed by atoms with Gasteiger partial charge in [0, 0.05) is 6.61 Å². The first-order chi connectivity index (χ1) is 9.73. The first-order valence-electron chi connectivity index (χ1n) is 7.16. The van der Waals surface area contributed by atoms with Crippen LogP contribution in [0, 0.1) is 0 Å². The summed E-state index contributed by atoms with van der Waals surface area (Å²) in [5.41, 5.74) is -0.276. The van der Waals surface area contributed by atoms with Gasteiger partial charge in [0.25, 0.3) is 0 Å². The summed E-state index contributed by atoms with van der Waals surface area (Å²) in [6, 6.07) is 9.49. The molecule has 0 amide bonds. The number of carbonyl (C=O) groups is 1. The molecule has 0 bridgehead atoms. The zero-order valence-corrected chi connectivity index (χ0v) is 12.1. The molecule has 4 nitrogen and oxygen atoms in total. The molecule has 1 aliphatic rings. The Hall–Kier alpha value is -1.39. The Morgan fingerprint density at radius 2 is 2.10 bits per heavy atom. The van der Waals surface area contributed by atoms with Crippen molar-refractivity contribution in [2.45, 2.75) is 44.5 Å². The van der Waals surface area contributed by atoms with Crippen molar-refractivity contribution in [3.05, 3.63) is 35.9 Å². The largest absolute Gasteiger partial charge is 0.467 e. The van der Waals surface area contributed by atoms with Crippen LogP contribution in [-0.4, -0.2) is 26.0 Å². The van der Waals surface area contributed by atoms with Gasteiger partial charge < -0.3 is 14.2 Å². The van der Waals surface area contributed by atoms with E-state index in [1.54, 1.807) is 0 Å². The van der Waals surface area contributed by atoms with Crippen molar-refractivity contribution in [1.82, 2.24) is 0 Å². The highest BCUT2D eigenvalue weighted by atomic mass is 16.7. The van der Waals surface area contributed by atoms with Crippen LogP contribution < -0.4 is 0 Å². The van der Waals surface area contributed by atoms with Crippen LogP contribution in [0.3, 0.4) is 0 Å². The zero-order valence-electron chi connectivity index (χ0n) is 12.1.